The van der Waals surface area contributed by atoms with E-state index in [2.05, 4.69) is 22.2 Å². The van der Waals surface area contributed by atoms with Crippen LogP contribution in [0.4, 0.5) is 0 Å². The molecule has 0 radical (unpaired) electrons. The first-order valence-electron chi connectivity index (χ1n) is 8.69. The molecule has 0 saturated carbocycles. The van der Waals surface area contributed by atoms with Gasteiger partial charge in [-0.25, -0.2) is 0 Å². The first-order valence-corrected chi connectivity index (χ1v) is 9.85. The van der Waals surface area contributed by atoms with E-state index in [9.17, 15) is 0 Å². The molecule has 0 amide bonds. The van der Waals surface area contributed by atoms with Crippen LogP contribution in [0.2, 0.25) is 0 Å². The summed E-state index contributed by atoms with van der Waals surface area (Å²) in [4.78, 5) is 4.69. The lowest BCUT2D eigenvalue weighted by molar-refractivity contribution is -0.0679. The number of thioether (sulfide) groups is 1. The topological polar surface area (TPSA) is 58.8 Å². The molecule has 1 aromatic rings. The Balaban J connectivity index is 1.55. The minimum Gasteiger partial charge on any atom is -0.469 e. The van der Waals surface area contributed by atoms with Crippen molar-refractivity contribution in [1.82, 2.24) is 10.6 Å². The number of rotatable bonds is 6. The molecular weight excluding hydrogens is 322 g/mol. The highest BCUT2D eigenvalue weighted by atomic mass is 32.2. The van der Waals surface area contributed by atoms with E-state index in [-0.39, 0.29) is 5.60 Å². The molecule has 24 heavy (non-hydrogen) atoms. The second-order valence-corrected chi connectivity index (χ2v) is 7.50. The van der Waals surface area contributed by atoms with Crippen molar-refractivity contribution in [3.8, 4) is 0 Å². The predicted octanol–water partition coefficient (Wildman–Crippen LogP) is 2.60. The highest BCUT2D eigenvalue weighted by Crippen LogP contribution is 2.38. The van der Waals surface area contributed by atoms with Crippen LogP contribution in [-0.2, 0) is 11.2 Å². The largest absolute Gasteiger partial charge is 0.469 e. The molecule has 2 aliphatic rings. The lowest BCUT2D eigenvalue weighted by Gasteiger charge is -2.38. The van der Waals surface area contributed by atoms with Crippen LogP contribution in [0.3, 0.4) is 0 Å². The van der Waals surface area contributed by atoms with Crippen LogP contribution in [0.25, 0.3) is 0 Å². The SMILES string of the molecule is C=CCNC(=NCCc1ccco1)NC1CCOC2(CCSC2)C1. The summed E-state index contributed by atoms with van der Waals surface area (Å²) in [7, 11) is 0. The van der Waals surface area contributed by atoms with E-state index in [1.807, 2.05) is 30.0 Å². The fraction of sp³-hybridized carbons (Fsp3) is 0.611. The van der Waals surface area contributed by atoms with Crippen LogP contribution in [-0.4, -0.2) is 48.8 Å². The number of nitrogens with one attached hydrogen (secondary N) is 2. The second-order valence-electron chi connectivity index (χ2n) is 6.40. The number of furan rings is 1. The summed E-state index contributed by atoms with van der Waals surface area (Å²) < 4.78 is 11.5. The van der Waals surface area contributed by atoms with Gasteiger partial charge < -0.3 is 19.8 Å². The third-order valence-corrected chi connectivity index (χ3v) is 5.75. The van der Waals surface area contributed by atoms with Gasteiger partial charge in [0.15, 0.2) is 5.96 Å². The van der Waals surface area contributed by atoms with Crippen molar-refractivity contribution in [1.29, 1.82) is 0 Å². The number of hydrogen-bond donors (Lipinski definition) is 2. The maximum absolute atomic E-state index is 6.10. The van der Waals surface area contributed by atoms with Gasteiger partial charge in [-0.1, -0.05) is 6.08 Å². The molecule has 0 aliphatic carbocycles. The minimum atomic E-state index is 0.0816. The van der Waals surface area contributed by atoms with Gasteiger partial charge in [0.1, 0.15) is 5.76 Å². The number of ether oxygens (including phenoxy) is 1. The summed E-state index contributed by atoms with van der Waals surface area (Å²) >= 11 is 2.00. The van der Waals surface area contributed by atoms with E-state index in [0.717, 1.165) is 43.3 Å². The van der Waals surface area contributed by atoms with Gasteiger partial charge in [0.25, 0.3) is 0 Å². The smallest absolute Gasteiger partial charge is 0.191 e. The van der Waals surface area contributed by atoms with Crippen molar-refractivity contribution in [3.63, 3.8) is 0 Å². The Kier molecular flexibility index (Phi) is 6.26. The summed E-state index contributed by atoms with van der Waals surface area (Å²) in [5.74, 6) is 4.16. The van der Waals surface area contributed by atoms with Crippen molar-refractivity contribution >= 4 is 17.7 Å². The highest BCUT2D eigenvalue weighted by Gasteiger charge is 2.40. The molecular formula is C18H27N3O2S. The van der Waals surface area contributed by atoms with Crippen LogP contribution >= 0.6 is 11.8 Å². The Morgan fingerprint density at radius 2 is 2.50 bits per heavy atom. The fourth-order valence-electron chi connectivity index (χ4n) is 3.26. The maximum Gasteiger partial charge on any atom is 0.191 e. The Labute approximate surface area is 148 Å². The van der Waals surface area contributed by atoms with E-state index < -0.39 is 0 Å². The van der Waals surface area contributed by atoms with Gasteiger partial charge >= 0.3 is 0 Å². The molecule has 132 valence electrons. The molecule has 2 aliphatic heterocycles. The van der Waals surface area contributed by atoms with Crippen LogP contribution < -0.4 is 10.6 Å². The van der Waals surface area contributed by atoms with Crippen LogP contribution in [0.15, 0.2) is 40.5 Å². The van der Waals surface area contributed by atoms with Crippen molar-refractivity contribution in [2.75, 3.05) is 31.2 Å². The van der Waals surface area contributed by atoms with Gasteiger partial charge in [0.05, 0.1) is 11.9 Å². The zero-order chi connectivity index (χ0) is 16.7. The molecule has 2 N–H and O–H groups in total. The van der Waals surface area contributed by atoms with Crippen molar-refractivity contribution in [3.05, 3.63) is 36.8 Å². The summed E-state index contributed by atoms with van der Waals surface area (Å²) in [6, 6.07) is 4.31. The summed E-state index contributed by atoms with van der Waals surface area (Å²) in [6.45, 7) is 6.01. The highest BCUT2D eigenvalue weighted by molar-refractivity contribution is 7.99. The molecule has 1 aromatic heterocycles. The molecule has 3 heterocycles. The summed E-state index contributed by atoms with van der Waals surface area (Å²) in [6.07, 6.45) is 7.62. The standard InChI is InChI=1S/C18H27N3O2S/c1-2-8-19-17(20-9-5-16-4-3-10-22-16)21-15-6-11-23-18(13-15)7-12-24-14-18/h2-4,10,15H,1,5-9,11-14H2,(H2,19,20,21). The lowest BCUT2D eigenvalue weighted by atomic mass is 9.90. The quantitative estimate of drug-likeness (QED) is 0.470. The van der Waals surface area contributed by atoms with E-state index in [1.165, 1.54) is 12.2 Å². The molecule has 5 nitrogen and oxygen atoms in total. The van der Waals surface area contributed by atoms with Gasteiger partial charge in [0, 0.05) is 37.9 Å². The molecule has 2 fully saturated rings. The van der Waals surface area contributed by atoms with Crippen LogP contribution in [0, 0.1) is 0 Å². The number of nitrogens with zero attached hydrogens (tertiary/aromatic N) is 1. The Morgan fingerprint density at radius 3 is 3.25 bits per heavy atom. The number of aliphatic imine (C=N–C) groups is 1. The van der Waals surface area contributed by atoms with Crippen LogP contribution in [0.5, 0.6) is 0 Å². The number of guanidine groups is 1. The third-order valence-electron chi connectivity index (χ3n) is 4.52. The molecule has 2 unspecified atom stereocenters. The van der Waals surface area contributed by atoms with Gasteiger partial charge in [-0.2, -0.15) is 11.8 Å². The average Bonchev–Trinajstić information content (AvgIpc) is 3.25. The average molecular weight is 350 g/mol. The lowest BCUT2D eigenvalue weighted by Crippen LogP contribution is -2.51. The Morgan fingerprint density at radius 1 is 1.54 bits per heavy atom. The maximum atomic E-state index is 6.10. The van der Waals surface area contributed by atoms with E-state index in [4.69, 9.17) is 9.15 Å². The third kappa shape index (κ3) is 4.80. The van der Waals surface area contributed by atoms with Gasteiger partial charge in [-0.05, 0) is 37.1 Å². The molecule has 2 saturated heterocycles. The molecule has 0 aromatic carbocycles. The van der Waals surface area contributed by atoms with E-state index >= 15 is 0 Å². The summed E-state index contributed by atoms with van der Waals surface area (Å²) in [5.41, 5.74) is 0.0816. The van der Waals surface area contributed by atoms with Crippen LogP contribution in [0.1, 0.15) is 25.0 Å². The second kappa shape index (κ2) is 8.62. The molecule has 1 spiro atoms. The minimum absolute atomic E-state index is 0.0816. The van der Waals surface area contributed by atoms with Gasteiger partial charge in [0.2, 0.25) is 0 Å². The number of hydrogen-bond acceptors (Lipinski definition) is 4. The predicted molar refractivity (Wildman–Crippen MR) is 99.7 cm³/mol. The fourth-order valence-corrected chi connectivity index (χ4v) is 4.64. The molecule has 2 atom stereocenters. The first kappa shape index (κ1) is 17.4. The summed E-state index contributed by atoms with van der Waals surface area (Å²) in [5, 5.41) is 6.91. The first-order chi connectivity index (χ1) is 11.8. The monoisotopic (exact) mass is 349 g/mol. The molecule has 3 rings (SSSR count). The Hall–Kier alpha value is -1.40. The van der Waals surface area contributed by atoms with Gasteiger partial charge in [-0.15, -0.1) is 6.58 Å². The zero-order valence-electron chi connectivity index (χ0n) is 14.1. The van der Waals surface area contributed by atoms with Gasteiger partial charge in [-0.3, -0.25) is 4.99 Å². The molecule has 6 heteroatoms. The van der Waals surface area contributed by atoms with E-state index in [0.29, 0.717) is 19.1 Å². The molecule has 0 bridgehead atoms. The van der Waals surface area contributed by atoms with Crippen molar-refractivity contribution < 1.29 is 9.15 Å². The van der Waals surface area contributed by atoms with E-state index in [1.54, 1.807) is 6.26 Å². The van der Waals surface area contributed by atoms with Crippen molar-refractivity contribution in [2.24, 2.45) is 4.99 Å². The normalized spacial score (nSPS) is 27.3. The zero-order valence-corrected chi connectivity index (χ0v) is 14.9. The Bertz CT molecular complexity index is 538. The van der Waals surface area contributed by atoms with Crippen molar-refractivity contribution in [2.45, 2.75) is 37.3 Å².